The highest BCUT2D eigenvalue weighted by atomic mass is 19.1. The van der Waals surface area contributed by atoms with Gasteiger partial charge in [-0.05, 0) is 55.7 Å². The van der Waals surface area contributed by atoms with Crippen LogP contribution in [-0.2, 0) is 17.7 Å². The fourth-order valence-electron chi connectivity index (χ4n) is 5.84. The molecule has 2 atom stereocenters. The molecule has 2 N–H and O–H groups in total. The number of likely N-dealkylation sites (tertiary alicyclic amines) is 1. The van der Waals surface area contributed by atoms with Crippen molar-refractivity contribution >= 4 is 11.8 Å². The summed E-state index contributed by atoms with van der Waals surface area (Å²) in [6.07, 6.45) is 2.11. The first-order chi connectivity index (χ1) is 19.5. The molecule has 208 valence electrons. The molecule has 2 aliphatic rings. The van der Waals surface area contributed by atoms with Crippen LogP contribution in [0.2, 0.25) is 0 Å². The summed E-state index contributed by atoms with van der Waals surface area (Å²) >= 11 is 0. The number of benzene rings is 2. The number of methoxy groups -OCH3 is 1. The molecule has 2 aliphatic heterocycles. The first kappa shape index (κ1) is 26.2. The molecule has 4 aromatic rings. The average molecular weight is 544 g/mol. The number of hydrogen-bond donors (Lipinski definition) is 2. The fraction of sp³-hybridized carbons (Fsp3) is 0.367. The first-order valence-electron chi connectivity index (χ1n) is 13.8. The van der Waals surface area contributed by atoms with E-state index in [2.05, 4.69) is 21.6 Å². The quantitative estimate of drug-likeness (QED) is 0.345. The lowest BCUT2D eigenvalue weighted by Crippen LogP contribution is -2.42. The zero-order valence-electron chi connectivity index (χ0n) is 22.8. The van der Waals surface area contributed by atoms with E-state index in [1.807, 2.05) is 48.0 Å². The second-order valence-electron chi connectivity index (χ2n) is 10.5. The predicted octanol–water partition coefficient (Wildman–Crippen LogP) is 4.37. The Kier molecular flexibility index (Phi) is 7.36. The summed E-state index contributed by atoms with van der Waals surface area (Å²) < 4.78 is 23.2. The lowest BCUT2D eigenvalue weighted by Gasteiger charge is -2.21. The van der Waals surface area contributed by atoms with Crippen LogP contribution < -0.4 is 10.6 Å². The molecule has 9 nitrogen and oxygen atoms in total. The highest BCUT2D eigenvalue weighted by Gasteiger charge is 2.35. The number of ether oxygens (including phenoxy) is 1. The molecule has 0 radical (unpaired) electrons. The Hall–Kier alpha value is -4.02. The summed E-state index contributed by atoms with van der Waals surface area (Å²) in [5, 5.41) is 15.9. The highest BCUT2D eigenvalue weighted by Crippen LogP contribution is 2.32. The topological polar surface area (TPSA) is 89.2 Å². The molecule has 2 amide bonds. The molecule has 40 heavy (non-hydrogen) atoms. The zero-order chi connectivity index (χ0) is 27.6. The van der Waals surface area contributed by atoms with E-state index in [1.165, 1.54) is 11.8 Å². The normalized spacial score (nSPS) is 18.7. The van der Waals surface area contributed by atoms with Gasteiger partial charge in [0, 0.05) is 50.5 Å². The van der Waals surface area contributed by atoms with Gasteiger partial charge < -0.3 is 10.1 Å². The number of rotatable bonds is 8. The molecular weight excluding hydrogens is 509 g/mol. The fourth-order valence-corrected chi connectivity index (χ4v) is 5.84. The first-order valence-corrected chi connectivity index (χ1v) is 13.8. The Bertz CT molecular complexity index is 1480. The van der Waals surface area contributed by atoms with Crippen LogP contribution in [0.25, 0.3) is 17.1 Å². The number of nitrogens with one attached hydrogen (secondary N) is 2. The van der Waals surface area contributed by atoms with Gasteiger partial charge in [0.2, 0.25) is 0 Å². The molecule has 0 saturated carbocycles. The maximum atomic E-state index is 14.1. The molecule has 4 heterocycles. The average Bonchev–Trinajstić information content (AvgIpc) is 3.72. The lowest BCUT2D eigenvalue weighted by molar-refractivity contribution is 0.159. The molecule has 2 aromatic heterocycles. The summed E-state index contributed by atoms with van der Waals surface area (Å²) in [5.41, 5.74) is 5.30. The summed E-state index contributed by atoms with van der Waals surface area (Å²) in [6.45, 7) is 5.54. The van der Waals surface area contributed by atoms with Gasteiger partial charge in [-0.15, -0.1) is 0 Å². The zero-order valence-corrected chi connectivity index (χ0v) is 22.8. The molecule has 0 spiro atoms. The predicted molar refractivity (Wildman–Crippen MR) is 151 cm³/mol. The Labute approximate surface area is 232 Å². The van der Waals surface area contributed by atoms with Gasteiger partial charge >= 0.3 is 6.03 Å². The maximum absolute atomic E-state index is 14.1. The van der Waals surface area contributed by atoms with Crippen LogP contribution in [0.4, 0.5) is 15.0 Å². The van der Waals surface area contributed by atoms with Crippen molar-refractivity contribution in [3.05, 3.63) is 83.3 Å². The standard InChI is InChI=1S/C30H34FN7O2/c1-20-28(26-17-24-12-7-13-37(24)34-26)35-38(23-10-4-3-5-11-23)29(20)33-30(39)32-27-19-36(14-15-40-2)18-25(27)21-8-6-9-22(31)16-21/h3-6,8-11,16-17,25,27H,7,12-15,18-19H2,1-2H3,(H2,32,33,39). The molecule has 1 fully saturated rings. The molecule has 6 rings (SSSR count). The maximum Gasteiger partial charge on any atom is 0.320 e. The third kappa shape index (κ3) is 5.24. The van der Waals surface area contributed by atoms with Gasteiger partial charge in [0.15, 0.2) is 0 Å². The van der Waals surface area contributed by atoms with Crippen molar-refractivity contribution in [3.63, 3.8) is 0 Å². The summed E-state index contributed by atoms with van der Waals surface area (Å²) in [5.74, 6) is 0.251. The second kappa shape index (κ2) is 11.2. The number of urea groups is 1. The van der Waals surface area contributed by atoms with Crippen LogP contribution in [0.1, 0.15) is 29.2 Å². The number of hydrogen-bond acceptors (Lipinski definition) is 5. The summed E-state index contributed by atoms with van der Waals surface area (Å²) in [4.78, 5) is 15.8. The molecule has 10 heteroatoms. The number of aromatic nitrogens is 4. The Balaban J connectivity index is 1.27. The van der Waals surface area contributed by atoms with Gasteiger partial charge in [-0.1, -0.05) is 30.3 Å². The van der Waals surface area contributed by atoms with Gasteiger partial charge in [-0.2, -0.15) is 10.2 Å². The largest absolute Gasteiger partial charge is 0.383 e. The number of amides is 2. The number of fused-ring (bicyclic) bond motifs is 1. The van der Waals surface area contributed by atoms with Crippen molar-refractivity contribution in [1.29, 1.82) is 0 Å². The molecule has 2 aromatic carbocycles. The van der Waals surface area contributed by atoms with Crippen molar-refractivity contribution in [3.8, 4) is 17.1 Å². The van der Waals surface area contributed by atoms with Gasteiger partial charge in [0.25, 0.3) is 0 Å². The number of carbonyl (C=O) groups is 1. The number of anilines is 1. The minimum atomic E-state index is -0.334. The van der Waals surface area contributed by atoms with E-state index in [9.17, 15) is 9.18 Å². The minimum Gasteiger partial charge on any atom is -0.383 e. The van der Waals surface area contributed by atoms with Gasteiger partial charge in [-0.25, -0.2) is 13.9 Å². The number of halogens is 1. The van der Waals surface area contributed by atoms with Gasteiger partial charge in [0.1, 0.15) is 23.0 Å². The van der Waals surface area contributed by atoms with Crippen molar-refractivity contribution in [1.82, 2.24) is 29.8 Å². The summed E-state index contributed by atoms with van der Waals surface area (Å²) in [7, 11) is 1.67. The molecule has 2 unspecified atom stereocenters. The Morgan fingerprint density at radius 3 is 2.73 bits per heavy atom. The van der Waals surface area contributed by atoms with Crippen LogP contribution in [-0.4, -0.2) is 69.9 Å². The van der Waals surface area contributed by atoms with Crippen LogP contribution in [0, 0.1) is 12.7 Å². The molecular formula is C30H34FN7O2. The summed E-state index contributed by atoms with van der Waals surface area (Å²) in [6, 6.07) is 17.9. The second-order valence-corrected chi connectivity index (χ2v) is 10.5. The number of aryl methyl sites for hydroxylation is 2. The van der Waals surface area contributed by atoms with E-state index in [4.69, 9.17) is 14.9 Å². The van der Waals surface area contributed by atoms with Crippen LogP contribution in [0.3, 0.4) is 0 Å². The van der Waals surface area contributed by atoms with Crippen LogP contribution >= 0.6 is 0 Å². The van der Waals surface area contributed by atoms with Gasteiger partial charge in [-0.3, -0.25) is 14.9 Å². The third-order valence-corrected chi connectivity index (χ3v) is 7.86. The number of para-hydroxylation sites is 1. The van der Waals surface area contributed by atoms with Crippen molar-refractivity contribution in [2.45, 2.75) is 38.3 Å². The van der Waals surface area contributed by atoms with Crippen LogP contribution in [0.15, 0.2) is 60.7 Å². The van der Waals surface area contributed by atoms with E-state index in [-0.39, 0.29) is 23.8 Å². The van der Waals surface area contributed by atoms with Crippen LogP contribution in [0.5, 0.6) is 0 Å². The molecule has 0 bridgehead atoms. The minimum absolute atomic E-state index is 0.0538. The number of carbonyl (C=O) groups excluding carboxylic acids is 1. The Morgan fingerprint density at radius 2 is 1.95 bits per heavy atom. The third-order valence-electron chi connectivity index (χ3n) is 7.86. The van der Waals surface area contributed by atoms with E-state index in [0.29, 0.717) is 25.5 Å². The highest BCUT2D eigenvalue weighted by molar-refractivity contribution is 5.91. The van der Waals surface area contributed by atoms with E-state index < -0.39 is 0 Å². The van der Waals surface area contributed by atoms with Gasteiger partial charge in [0.05, 0.1) is 18.3 Å². The number of nitrogens with zero attached hydrogens (tertiary/aromatic N) is 5. The van der Waals surface area contributed by atoms with E-state index >= 15 is 0 Å². The Morgan fingerprint density at radius 1 is 1.10 bits per heavy atom. The van der Waals surface area contributed by atoms with Crippen molar-refractivity contribution in [2.24, 2.45) is 0 Å². The van der Waals surface area contributed by atoms with Crippen molar-refractivity contribution in [2.75, 3.05) is 38.7 Å². The lowest BCUT2D eigenvalue weighted by atomic mass is 9.94. The molecule has 0 aliphatic carbocycles. The van der Waals surface area contributed by atoms with E-state index in [0.717, 1.165) is 54.1 Å². The van der Waals surface area contributed by atoms with E-state index in [1.54, 1.807) is 23.9 Å². The van der Waals surface area contributed by atoms with Crippen molar-refractivity contribution < 1.29 is 13.9 Å². The smallest absolute Gasteiger partial charge is 0.320 e. The monoisotopic (exact) mass is 543 g/mol. The SMILES string of the molecule is COCCN1CC(NC(=O)Nc2c(C)c(-c3cc4n(n3)CCC4)nn2-c2ccccc2)C(c2cccc(F)c2)C1. The molecule has 1 saturated heterocycles.